The van der Waals surface area contributed by atoms with Gasteiger partial charge in [-0.25, -0.2) is 8.42 Å². The number of carbonyl (C=O) groups is 1. The second-order valence-electron chi connectivity index (χ2n) is 7.72. The van der Waals surface area contributed by atoms with Crippen LogP contribution in [0, 0.1) is 0 Å². The number of benzene rings is 2. The predicted molar refractivity (Wildman–Crippen MR) is 109 cm³/mol. The highest BCUT2D eigenvalue weighted by molar-refractivity contribution is 7.89. The van der Waals surface area contributed by atoms with Crippen molar-refractivity contribution in [2.24, 2.45) is 0 Å². The molecule has 158 valence electrons. The first-order chi connectivity index (χ1) is 14.4. The zero-order valence-electron chi connectivity index (χ0n) is 16.8. The summed E-state index contributed by atoms with van der Waals surface area (Å²) in [5.74, 6) is 1.50. The van der Waals surface area contributed by atoms with Gasteiger partial charge in [0.15, 0.2) is 11.5 Å². The Morgan fingerprint density at radius 2 is 1.83 bits per heavy atom. The molecule has 0 N–H and O–H groups in total. The highest BCUT2D eigenvalue weighted by atomic mass is 32.2. The van der Waals surface area contributed by atoms with E-state index in [2.05, 4.69) is 0 Å². The van der Waals surface area contributed by atoms with E-state index >= 15 is 0 Å². The number of nitrogens with zero attached hydrogens (tertiary/aromatic N) is 2. The van der Waals surface area contributed by atoms with Gasteiger partial charge in [-0.05, 0) is 42.3 Å². The lowest BCUT2D eigenvalue weighted by Gasteiger charge is -2.24. The summed E-state index contributed by atoms with van der Waals surface area (Å²) >= 11 is 0. The molecule has 1 saturated heterocycles. The van der Waals surface area contributed by atoms with Crippen molar-refractivity contribution >= 4 is 21.6 Å². The molecule has 3 heterocycles. The smallest absolute Gasteiger partial charge is 0.243 e. The largest absolute Gasteiger partial charge is 0.497 e. The van der Waals surface area contributed by atoms with E-state index in [0.717, 1.165) is 11.3 Å². The Labute approximate surface area is 175 Å². The lowest BCUT2D eigenvalue weighted by molar-refractivity contribution is -0.122. The molecule has 1 amide bonds. The molecule has 1 fully saturated rings. The number of amides is 1. The second kappa shape index (κ2) is 6.61. The third kappa shape index (κ3) is 2.61. The molecule has 2 aromatic rings. The highest BCUT2D eigenvalue weighted by Gasteiger charge is 2.55. The van der Waals surface area contributed by atoms with Gasteiger partial charge in [-0.3, -0.25) is 4.79 Å². The Morgan fingerprint density at radius 1 is 1.07 bits per heavy atom. The van der Waals surface area contributed by atoms with E-state index in [4.69, 9.17) is 14.2 Å². The van der Waals surface area contributed by atoms with Crippen molar-refractivity contribution in [3.05, 3.63) is 42.0 Å². The number of hydrogen-bond acceptors (Lipinski definition) is 6. The summed E-state index contributed by atoms with van der Waals surface area (Å²) in [6, 6.07) is 10.1. The average Bonchev–Trinajstić information content (AvgIpc) is 3.31. The number of fused-ring (bicyclic) bond motifs is 3. The van der Waals surface area contributed by atoms with Gasteiger partial charge in [0, 0.05) is 31.9 Å². The third-order valence-electron chi connectivity index (χ3n) is 6.18. The first-order valence-corrected chi connectivity index (χ1v) is 11.2. The summed E-state index contributed by atoms with van der Waals surface area (Å²) in [7, 11) is -0.505. The molecular formula is C21H22N2O6S. The maximum Gasteiger partial charge on any atom is 0.243 e. The van der Waals surface area contributed by atoms with E-state index in [1.165, 1.54) is 16.4 Å². The first kappa shape index (κ1) is 19.2. The van der Waals surface area contributed by atoms with Crippen molar-refractivity contribution in [2.75, 3.05) is 45.4 Å². The van der Waals surface area contributed by atoms with Crippen LogP contribution in [0.25, 0.3) is 0 Å². The number of carbonyl (C=O) groups excluding carboxylic acids is 1. The van der Waals surface area contributed by atoms with Gasteiger partial charge in [0.25, 0.3) is 0 Å². The fourth-order valence-corrected chi connectivity index (χ4v) is 6.09. The molecule has 3 aliphatic rings. The quantitative estimate of drug-likeness (QED) is 0.738. The molecule has 8 nitrogen and oxygen atoms in total. The molecule has 1 spiro atoms. The number of sulfonamides is 1. The summed E-state index contributed by atoms with van der Waals surface area (Å²) < 4.78 is 44.5. The Kier molecular flexibility index (Phi) is 4.23. The van der Waals surface area contributed by atoms with Crippen LogP contribution in [0.15, 0.2) is 41.3 Å². The van der Waals surface area contributed by atoms with Crippen molar-refractivity contribution in [1.29, 1.82) is 0 Å². The summed E-state index contributed by atoms with van der Waals surface area (Å²) in [4.78, 5) is 15.0. The van der Waals surface area contributed by atoms with Crippen molar-refractivity contribution in [3.63, 3.8) is 0 Å². The molecule has 9 heteroatoms. The third-order valence-corrected chi connectivity index (χ3v) is 8.02. The zero-order chi connectivity index (χ0) is 21.1. The van der Waals surface area contributed by atoms with Crippen LogP contribution in [-0.4, -0.2) is 59.1 Å². The lowest BCUT2D eigenvalue weighted by atomic mass is 9.81. The summed E-state index contributed by atoms with van der Waals surface area (Å²) in [6.07, 6.45) is 0.417. The molecule has 30 heavy (non-hydrogen) atoms. The van der Waals surface area contributed by atoms with Gasteiger partial charge in [0.05, 0.1) is 17.4 Å². The van der Waals surface area contributed by atoms with Crippen molar-refractivity contribution < 1.29 is 27.4 Å². The van der Waals surface area contributed by atoms with E-state index in [9.17, 15) is 13.2 Å². The molecule has 2 aromatic carbocycles. The lowest BCUT2D eigenvalue weighted by Crippen LogP contribution is -2.42. The van der Waals surface area contributed by atoms with Crippen LogP contribution in [0.4, 0.5) is 5.69 Å². The summed E-state index contributed by atoms with van der Waals surface area (Å²) in [5.41, 5.74) is 0.702. The number of methoxy groups -OCH3 is 1. The summed E-state index contributed by atoms with van der Waals surface area (Å²) in [5, 5.41) is 0. The fourth-order valence-electron chi connectivity index (χ4n) is 4.57. The molecule has 0 bridgehead atoms. The molecule has 0 aliphatic carbocycles. The standard InChI is InChI=1S/C21H22N2O6S/c1-22-17-5-3-14(27-2)11-16(17)21(20(22)24)7-8-23(13-21)30(25,26)15-4-6-18-19(12-15)29-10-9-28-18/h3-6,11-12H,7-10,13H2,1-2H3. The van der Waals surface area contributed by atoms with E-state index < -0.39 is 15.4 Å². The number of ether oxygens (including phenoxy) is 3. The SMILES string of the molecule is COc1ccc2c(c1)C1(CCN(S(=O)(=O)c3ccc4c(c3)OCCO4)C1)C(=O)N2C. The van der Waals surface area contributed by atoms with Gasteiger partial charge in [0.1, 0.15) is 19.0 Å². The van der Waals surface area contributed by atoms with Gasteiger partial charge >= 0.3 is 0 Å². The molecule has 5 rings (SSSR count). The van der Waals surface area contributed by atoms with Gasteiger partial charge in [-0.1, -0.05) is 0 Å². The maximum absolute atomic E-state index is 13.4. The Morgan fingerprint density at radius 3 is 2.60 bits per heavy atom. The van der Waals surface area contributed by atoms with Crippen LogP contribution >= 0.6 is 0 Å². The van der Waals surface area contributed by atoms with Crippen LogP contribution in [-0.2, 0) is 20.2 Å². The second-order valence-corrected chi connectivity index (χ2v) is 9.66. The number of likely N-dealkylation sites (N-methyl/N-ethyl adjacent to an activating group) is 1. The minimum atomic E-state index is -3.80. The van der Waals surface area contributed by atoms with Gasteiger partial charge < -0.3 is 19.1 Å². The van der Waals surface area contributed by atoms with Crippen molar-refractivity contribution in [1.82, 2.24) is 4.31 Å². The molecule has 0 saturated carbocycles. The van der Waals surface area contributed by atoms with E-state index in [1.54, 1.807) is 31.2 Å². The first-order valence-electron chi connectivity index (χ1n) is 9.73. The van der Waals surface area contributed by atoms with Crippen LogP contribution in [0.3, 0.4) is 0 Å². The molecule has 1 unspecified atom stereocenters. The minimum absolute atomic E-state index is 0.0904. The van der Waals surface area contributed by atoms with Gasteiger partial charge in [-0.2, -0.15) is 4.31 Å². The van der Waals surface area contributed by atoms with Crippen LogP contribution in [0.5, 0.6) is 17.2 Å². The molecular weight excluding hydrogens is 408 g/mol. The monoisotopic (exact) mass is 430 g/mol. The fraction of sp³-hybridized carbons (Fsp3) is 0.381. The van der Waals surface area contributed by atoms with Crippen molar-refractivity contribution in [2.45, 2.75) is 16.7 Å². The van der Waals surface area contributed by atoms with Gasteiger partial charge in [-0.15, -0.1) is 0 Å². The Balaban J connectivity index is 1.51. The topological polar surface area (TPSA) is 85.4 Å². The number of hydrogen-bond donors (Lipinski definition) is 0. The minimum Gasteiger partial charge on any atom is -0.497 e. The Hall–Kier alpha value is -2.78. The molecule has 3 aliphatic heterocycles. The van der Waals surface area contributed by atoms with Crippen molar-refractivity contribution in [3.8, 4) is 17.2 Å². The number of rotatable bonds is 3. The highest BCUT2D eigenvalue weighted by Crippen LogP contribution is 2.49. The normalized spacial score (nSPS) is 23.1. The van der Waals surface area contributed by atoms with E-state index in [0.29, 0.717) is 36.9 Å². The summed E-state index contributed by atoms with van der Waals surface area (Å²) in [6.45, 7) is 1.16. The van der Waals surface area contributed by atoms with Gasteiger partial charge in [0.2, 0.25) is 15.9 Å². The maximum atomic E-state index is 13.4. The van der Waals surface area contributed by atoms with Crippen LogP contribution in [0.2, 0.25) is 0 Å². The van der Waals surface area contributed by atoms with E-state index in [-0.39, 0.29) is 23.9 Å². The Bertz CT molecular complexity index is 1150. The van der Waals surface area contributed by atoms with E-state index in [1.807, 2.05) is 12.1 Å². The zero-order valence-corrected chi connectivity index (χ0v) is 17.6. The number of anilines is 1. The molecule has 0 aromatic heterocycles. The predicted octanol–water partition coefficient (Wildman–Crippen LogP) is 1.78. The molecule has 1 atom stereocenters. The molecule has 0 radical (unpaired) electrons. The average molecular weight is 430 g/mol. The van der Waals surface area contributed by atoms with Crippen LogP contribution < -0.4 is 19.1 Å². The van der Waals surface area contributed by atoms with Crippen LogP contribution in [0.1, 0.15) is 12.0 Å².